The summed E-state index contributed by atoms with van der Waals surface area (Å²) in [5.41, 5.74) is 0. The van der Waals surface area contributed by atoms with Crippen molar-refractivity contribution in [2.75, 3.05) is 39.3 Å². The zero-order valence-electron chi connectivity index (χ0n) is 11.2. The molecule has 3 aliphatic heterocycles. The molecular weight excluding hydrogens is 226 g/mol. The van der Waals surface area contributed by atoms with Crippen molar-refractivity contribution >= 4 is 5.91 Å². The number of carbonyl (C=O) groups excluding carboxylic acids is 1. The number of nitrogens with zero attached hydrogens (tertiary/aromatic N) is 2. The van der Waals surface area contributed by atoms with Gasteiger partial charge in [0.15, 0.2) is 0 Å². The van der Waals surface area contributed by atoms with Gasteiger partial charge in [-0.25, -0.2) is 0 Å². The summed E-state index contributed by atoms with van der Waals surface area (Å²) in [6, 6.07) is 0.659. The van der Waals surface area contributed by atoms with Crippen LogP contribution in [-0.4, -0.2) is 61.0 Å². The number of piperidine rings is 1. The molecule has 18 heavy (non-hydrogen) atoms. The van der Waals surface area contributed by atoms with Gasteiger partial charge < -0.3 is 10.2 Å². The molecule has 1 amide bonds. The van der Waals surface area contributed by atoms with E-state index in [-0.39, 0.29) is 0 Å². The molecule has 0 aromatic rings. The fourth-order valence-electron chi connectivity index (χ4n) is 3.69. The predicted octanol–water partition coefficient (Wildman–Crippen LogP) is 0.683. The Bertz CT molecular complexity index is 301. The molecule has 3 heterocycles. The van der Waals surface area contributed by atoms with Crippen molar-refractivity contribution in [1.29, 1.82) is 0 Å². The molecule has 3 fully saturated rings. The molecule has 2 atom stereocenters. The maximum Gasteiger partial charge on any atom is 0.222 e. The highest BCUT2D eigenvalue weighted by Crippen LogP contribution is 2.23. The predicted molar refractivity (Wildman–Crippen MR) is 71.4 cm³/mol. The van der Waals surface area contributed by atoms with Gasteiger partial charge >= 0.3 is 0 Å². The first-order chi connectivity index (χ1) is 8.83. The van der Waals surface area contributed by atoms with Crippen LogP contribution in [0.15, 0.2) is 0 Å². The first-order valence-corrected chi connectivity index (χ1v) is 7.55. The lowest BCUT2D eigenvalue weighted by Gasteiger charge is -2.38. The van der Waals surface area contributed by atoms with Crippen LogP contribution in [0.4, 0.5) is 0 Å². The summed E-state index contributed by atoms with van der Waals surface area (Å²) in [4.78, 5) is 17.0. The van der Waals surface area contributed by atoms with Crippen LogP contribution < -0.4 is 5.32 Å². The Balaban J connectivity index is 1.49. The average Bonchev–Trinajstić information content (AvgIpc) is 2.87. The van der Waals surface area contributed by atoms with Crippen LogP contribution in [0.25, 0.3) is 0 Å². The fraction of sp³-hybridized carbons (Fsp3) is 0.929. The number of fused-ring (bicyclic) bond motifs is 1. The van der Waals surface area contributed by atoms with E-state index < -0.39 is 0 Å². The van der Waals surface area contributed by atoms with E-state index in [0.717, 1.165) is 39.1 Å². The Hall–Kier alpha value is -0.610. The molecule has 4 heteroatoms. The molecule has 0 aromatic carbocycles. The molecular formula is C14H25N3O. The summed E-state index contributed by atoms with van der Waals surface area (Å²) in [5.74, 6) is 0.975. The standard InChI is InChI=1S/C14H25N3O/c18-14(9-12-3-1-5-15-10-12)17-8-7-16-6-2-4-13(16)11-17/h12-13,15H,1-11H2. The highest BCUT2D eigenvalue weighted by molar-refractivity contribution is 5.76. The quantitative estimate of drug-likeness (QED) is 0.784. The molecule has 2 unspecified atom stereocenters. The van der Waals surface area contributed by atoms with Gasteiger partial charge in [-0.3, -0.25) is 9.69 Å². The second-order valence-electron chi connectivity index (χ2n) is 6.09. The minimum absolute atomic E-state index is 0.398. The molecule has 102 valence electrons. The van der Waals surface area contributed by atoms with Crippen LogP contribution in [0.2, 0.25) is 0 Å². The molecule has 1 N–H and O–H groups in total. The second-order valence-corrected chi connectivity index (χ2v) is 6.09. The smallest absolute Gasteiger partial charge is 0.222 e. The van der Waals surface area contributed by atoms with E-state index in [1.165, 1.54) is 32.2 Å². The van der Waals surface area contributed by atoms with E-state index in [4.69, 9.17) is 0 Å². The van der Waals surface area contributed by atoms with Crippen molar-refractivity contribution in [2.24, 2.45) is 5.92 Å². The Morgan fingerprint density at radius 1 is 1.17 bits per heavy atom. The van der Waals surface area contributed by atoms with Crippen molar-refractivity contribution in [1.82, 2.24) is 15.1 Å². The van der Waals surface area contributed by atoms with E-state index in [1.54, 1.807) is 0 Å². The first kappa shape index (κ1) is 12.4. The molecule has 0 saturated carbocycles. The molecule has 0 radical (unpaired) electrons. The number of piperazine rings is 1. The summed E-state index contributed by atoms with van der Waals surface area (Å²) in [7, 11) is 0. The van der Waals surface area contributed by atoms with Crippen molar-refractivity contribution < 1.29 is 4.79 Å². The Kier molecular flexibility index (Phi) is 3.85. The van der Waals surface area contributed by atoms with Gasteiger partial charge in [0, 0.05) is 32.1 Å². The fourth-order valence-corrected chi connectivity index (χ4v) is 3.69. The maximum atomic E-state index is 12.3. The number of hydrogen-bond acceptors (Lipinski definition) is 3. The summed E-state index contributed by atoms with van der Waals surface area (Å²) >= 11 is 0. The first-order valence-electron chi connectivity index (χ1n) is 7.55. The van der Waals surface area contributed by atoms with E-state index >= 15 is 0 Å². The molecule has 0 bridgehead atoms. The van der Waals surface area contributed by atoms with Gasteiger partial charge in [0.2, 0.25) is 5.91 Å². The minimum atomic E-state index is 0.398. The largest absolute Gasteiger partial charge is 0.340 e. The van der Waals surface area contributed by atoms with Gasteiger partial charge in [-0.1, -0.05) is 0 Å². The Morgan fingerprint density at radius 2 is 2.11 bits per heavy atom. The topological polar surface area (TPSA) is 35.6 Å². The monoisotopic (exact) mass is 251 g/mol. The number of amides is 1. The molecule has 0 aromatic heterocycles. The lowest BCUT2D eigenvalue weighted by Crippen LogP contribution is -2.52. The third kappa shape index (κ3) is 2.69. The molecule has 3 saturated heterocycles. The zero-order chi connectivity index (χ0) is 12.4. The van der Waals surface area contributed by atoms with E-state index in [0.29, 0.717) is 17.9 Å². The number of nitrogens with one attached hydrogen (secondary N) is 1. The Labute approximate surface area is 110 Å². The third-order valence-corrected chi connectivity index (χ3v) is 4.80. The van der Waals surface area contributed by atoms with E-state index in [9.17, 15) is 4.79 Å². The lowest BCUT2D eigenvalue weighted by molar-refractivity contribution is -0.134. The third-order valence-electron chi connectivity index (χ3n) is 4.80. The lowest BCUT2D eigenvalue weighted by atomic mass is 9.95. The van der Waals surface area contributed by atoms with Crippen molar-refractivity contribution in [3.05, 3.63) is 0 Å². The van der Waals surface area contributed by atoms with Crippen molar-refractivity contribution in [3.63, 3.8) is 0 Å². The highest BCUT2D eigenvalue weighted by atomic mass is 16.2. The van der Waals surface area contributed by atoms with Crippen LogP contribution in [0.5, 0.6) is 0 Å². The normalized spacial score (nSPS) is 33.4. The van der Waals surface area contributed by atoms with Gasteiger partial charge in [-0.2, -0.15) is 0 Å². The van der Waals surface area contributed by atoms with Gasteiger partial charge in [0.25, 0.3) is 0 Å². The molecule has 0 aliphatic carbocycles. The van der Waals surface area contributed by atoms with Gasteiger partial charge in [0.1, 0.15) is 0 Å². The SMILES string of the molecule is O=C(CC1CCCNC1)N1CCN2CCCC2C1. The molecule has 3 aliphatic rings. The van der Waals surface area contributed by atoms with Crippen LogP contribution in [0.3, 0.4) is 0 Å². The molecule has 3 rings (SSSR count). The number of carbonyl (C=O) groups is 1. The second kappa shape index (κ2) is 5.57. The highest BCUT2D eigenvalue weighted by Gasteiger charge is 2.32. The summed E-state index contributed by atoms with van der Waals surface area (Å²) in [6.07, 6.45) is 5.82. The number of rotatable bonds is 2. The summed E-state index contributed by atoms with van der Waals surface area (Å²) < 4.78 is 0. The number of hydrogen-bond donors (Lipinski definition) is 1. The van der Waals surface area contributed by atoms with E-state index in [2.05, 4.69) is 15.1 Å². The van der Waals surface area contributed by atoms with Gasteiger partial charge in [-0.05, 0) is 51.2 Å². The van der Waals surface area contributed by atoms with Crippen LogP contribution in [0, 0.1) is 5.92 Å². The van der Waals surface area contributed by atoms with Crippen LogP contribution in [0.1, 0.15) is 32.1 Å². The van der Waals surface area contributed by atoms with Crippen molar-refractivity contribution in [3.8, 4) is 0 Å². The summed E-state index contributed by atoms with van der Waals surface area (Å²) in [5, 5.41) is 3.40. The maximum absolute atomic E-state index is 12.3. The van der Waals surface area contributed by atoms with Gasteiger partial charge in [0.05, 0.1) is 0 Å². The molecule has 4 nitrogen and oxygen atoms in total. The summed E-state index contributed by atoms with van der Waals surface area (Å²) in [6.45, 7) is 6.45. The molecule has 0 spiro atoms. The van der Waals surface area contributed by atoms with Gasteiger partial charge in [-0.15, -0.1) is 0 Å². The van der Waals surface area contributed by atoms with Crippen molar-refractivity contribution in [2.45, 2.75) is 38.1 Å². The van der Waals surface area contributed by atoms with Crippen LogP contribution in [-0.2, 0) is 4.79 Å². The van der Waals surface area contributed by atoms with E-state index in [1.807, 2.05) is 0 Å². The van der Waals surface area contributed by atoms with Crippen LogP contribution >= 0.6 is 0 Å². The average molecular weight is 251 g/mol. The minimum Gasteiger partial charge on any atom is -0.340 e. The zero-order valence-corrected chi connectivity index (χ0v) is 11.2. The Morgan fingerprint density at radius 3 is 2.94 bits per heavy atom.